The number of anilines is 1. The van der Waals surface area contributed by atoms with E-state index in [0.29, 0.717) is 18.1 Å². The number of aryl methyl sites for hydroxylation is 1. The molecule has 9 heteroatoms. The number of nitrogen functional groups attached to an aromatic ring is 1. The molecule has 0 atom stereocenters. The molecule has 0 spiro atoms. The summed E-state index contributed by atoms with van der Waals surface area (Å²) in [4.78, 5) is 18.0. The van der Waals surface area contributed by atoms with Gasteiger partial charge in [0.05, 0.1) is 11.0 Å². The third-order valence-corrected chi connectivity index (χ3v) is 2.55. The summed E-state index contributed by atoms with van der Waals surface area (Å²) in [6, 6.07) is 4.47. The molecule has 0 amide bonds. The van der Waals surface area contributed by atoms with Gasteiger partial charge in [-0.3, -0.25) is 10.1 Å². The van der Waals surface area contributed by atoms with Crippen molar-refractivity contribution in [2.24, 2.45) is 5.84 Å². The molecule has 0 aliphatic rings. The van der Waals surface area contributed by atoms with Crippen LogP contribution in [0.15, 0.2) is 24.3 Å². The van der Waals surface area contributed by atoms with E-state index in [1.54, 1.807) is 0 Å². The van der Waals surface area contributed by atoms with Gasteiger partial charge in [-0.25, -0.2) is 15.2 Å². The number of hydrogen-bond donors (Lipinski definition) is 2. The van der Waals surface area contributed by atoms with E-state index in [-0.39, 0.29) is 17.3 Å². The number of nitro groups is 1. The number of nitrogens with one attached hydrogen (secondary N) is 1. The summed E-state index contributed by atoms with van der Waals surface area (Å²) in [5.74, 6) is 5.10. The van der Waals surface area contributed by atoms with E-state index in [1.807, 2.05) is 6.92 Å². The van der Waals surface area contributed by atoms with Crippen molar-refractivity contribution >= 4 is 11.5 Å². The van der Waals surface area contributed by atoms with Gasteiger partial charge in [0.2, 0.25) is 5.88 Å². The predicted octanol–water partition coefficient (Wildman–Crippen LogP) is 2.16. The summed E-state index contributed by atoms with van der Waals surface area (Å²) in [5.41, 5.74) is 1.99. The van der Waals surface area contributed by atoms with E-state index >= 15 is 0 Å². The molecule has 110 valence electrons. The second-order valence-electron chi connectivity index (χ2n) is 3.98. The lowest BCUT2D eigenvalue weighted by Crippen LogP contribution is -2.10. The zero-order chi connectivity index (χ0) is 15.4. The molecule has 3 N–H and O–H groups in total. The molecule has 0 fully saturated rings. The number of nitrogens with two attached hydrogens (primary N) is 1. The highest BCUT2D eigenvalue weighted by molar-refractivity contribution is 5.42. The molecule has 0 saturated carbocycles. The van der Waals surface area contributed by atoms with Gasteiger partial charge >= 0.3 is 0 Å². The van der Waals surface area contributed by atoms with Crippen LogP contribution in [0.2, 0.25) is 0 Å². The normalized spacial score (nSPS) is 10.2. The van der Waals surface area contributed by atoms with Gasteiger partial charge in [0.15, 0.2) is 11.6 Å². The number of hydrazine groups is 1. The van der Waals surface area contributed by atoms with Crippen molar-refractivity contribution in [3.8, 4) is 11.6 Å². The molecular weight excluding hydrogens is 281 g/mol. The number of ether oxygens (including phenoxy) is 1. The van der Waals surface area contributed by atoms with Gasteiger partial charge in [0.1, 0.15) is 11.6 Å². The van der Waals surface area contributed by atoms with Crippen molar-refractivity contribution in [3.05, 3.63) is 46.0 Å². The smallest absolute Gasteiger partial charge is 0.272 e. The van der Waals surface area contributed by atoms with Gasteiger partial charge in [-0.1, -0.05) is 6.92 Å². The maximum Gasteiger partial charge on any atom is 0.272 e. The minimum absolute atomic E-state index is 0.0857. The third kappa shape index (κ3) is 3.39. The number of non-ortho nitro benzene ring substituents is 1. The average molecular weight is 293 g/mol. The number of benzene rings is 1. The molecule has 8 nitrogen and oxygen atoms in total. The van der Waals surface area contributed by atoms with Gasteiger partial charge in [0.25, 0.3) is 5.69 Å². The quantitative estimate of drug-likeness (QED) is 0.493. The van der Waals surface area contributed by atoms with Crippen LogP contribution in [-0.4, -0.2) is 14.9 Å². The number of hydrogen-bond acceptors (Lipinski definition) is 7. The van der Waals surface area contributed by atoms with Crippen LogP contribution in [0.1, 0.15) is 12.7 Å². The van der Waals surface area contributed by atoms with Crippen molar-refractivity contribution in [1.82, 2.24) is 9.97 Å². The first-order valence-electron chi connectivity index (χ1n) is 6.00. The second kappa shape index (κ2) is 6.09. The molecule has 2 rings (SSSR count). The number of rotatable bonds is 5. The highest BCUT2D eigenvalue weighted by Gasteiger charge is 2.13. The zero-order valence-electron chi connectivity index (χ0n) is 11.0. The minimum Gasteiger partial charge on any atom is -0.436 e. The Labute approximate surface area is 118 Å². The van der Waals surface area contributed by atoms with Crippen LogP contribution in [0.4, 0.5) is 15.9 Å². The third-order valence-electron chi connectivity index (χ3n) is 2.55. The number of nitro benzene ring substituents is 1. The van der Waals surface area contributed by atoms with E-state index in [2.05, 4.69) is 15.4 Å². The first kappa shape index (κ1) is 14.6. The van der Waals surface area contributed by atoms with E-state index in [9.17, 15) is 14.5 Å². The predicted molar refractivity (Wildman–Crippen MR) is 72.3 cm³/mol. The Morgan fingerprint density at radius 3 is 2.76 bits per heavy atom. The Hall–Kier alpha value is -2.81. The van der Waals surface area contributed by atoms with Crippen molar-refractivity contribution in [2.75, 3.05) is 5.43 Å². The van der Waals surface area contributed by atoms with Gasteiger partial charge in [-0.05, 0) is 6.07 Å². The molecule has 0 bridgehead atoms. The number of halogens is 1. The fourth-order valence-electron chi connectivity index (χ4n) is 1.56. The summed E-state index contributed by atoms with van der Waals surface area (Å²) in [7, 11) is 0. The standard InChI is InChI=1S/C12H12FN5O3/c1-2-10-15-11(17-14)6-12(16-10)21-9-4-3-7(18(19)20)5-8(9)13/h3-6H,2,14H2,1H3,(H,15,16,17). The van der Waals surface area contributed by atoms with E-state index in [1.165, 1.54) is 6.07 Å². The number of aromatic nitrogens is 2. The van der Waals surface area contributed by atoms with Crippen molar-refractivity contribution in [1.29, 1.82) is 0 Å². The van der Waals surface area contributed by atoms with Crippen LogP contribution in [0.3, 0.4) is 0 Å². The topological polar surface area (TPSA) is 116 Å². The zero-order valence-corrected chi connectivity index (χ0v) is 11.0. The van der Waals surface area contributed by atoms with Crippen LogP contribution in [0, 0.1) is 15.9 Å². The van der Waals surface area contributed by atoms with E-state index in [0.717, 1.165) is 18.2 Å². The van der Waals surface area contributed by atoms with Crippen LogP contribution in [0.25, 0.3) is 0 Å². The van der Waals surface area contributed by atoms with Gasteiger partial charge < -0.3 is 10.2 Å². The Kier molecular flexibility index (Phi) is 4.24. The largest absolute Gasteiger partial charge is 0.436 e. The van der Waals surface area contributed by atoms with Crippen LogP contribution >= 0.6 is 0 Å². The summed E-state index contributed by atoms with van der Waals surface area (Å²) >= 11 is 0. The van der Waals surface area contributed by atoms with Crippen molar-refractivity contribution < 1.29 is 14.1 Å². The van der Waals surface area contributed by atoms with Gasteiger partial charge in [-0.15, -0.1) is 0 Å². The summed E-state index contributed by atoms with van der Waals surface area (Å²) in [5, 5.41) is 10.5. The number of nitrogens with zero attached hydrogens (tertiary/aromatic N) is 3. The minimum atomic E-state index is -0.858. The Morgan fingerprint density at radius 2 is 2.19 bits per heavy atom. The fourth-order valence-corrected chi connectivity index (χ4v) is 1.56. The lowest BCUT2D eigenvalue weighted by molar-refractivity contribution is -0.385. The Bertz CT molecular complexity index is 658. The van der Waals surface area contributed by atoms with Crippen LogP contribution in [-0.2, 0) is 6.42 Å². The van der Waals surface area contributed by atoms with Crippen LogP contribution in [0.5, 0.6) is 11.6 Å². The molecule has 0 aliphatic heterocycles. The monoisotopic (exact) mass is 293 g/mol. The maximum absolute atomic E-state index is 13.7. The van der Waals surface area contributed by atoms with Gasteiger partial charge in [0, 0.05) is 18.6 Å². The molecule has 21 heavy (non-hydrogen) atoms. The molecule has 2 aromatic rings. The molecule has 0 unspecified atom stereocenters. The molecular formula is C12H12FN5O3. The molecule has 1 aromatic heterocycles. The lowest BCUT2D eigenvalue weighted by Gasteiger charge is -2.08. The lowest BCUT2D eigenvalue weighted by atomic mass is 10.3. The van der Waals surface area contributed by atoms with E-state index in [4.69, 9.17) is 10.6 Å². The first-order valence-corrected chi connectivity index (χ1v) is 6.00. The molecule has 0 saturated heterocycles. The first-order chi connectivity index (χ1) is 10.0. The summed E-state index contributed by atoms with van der Waals surface area (Å²) in [6.45, 7) is 1.84. The van der Waals surface area contributed by atoms with Gasteiger partial charge in [-0.2, -0.15) is 4.98 Å². The average Bonchev–Trinajstić information content (AvgIpc) is 2.48. The fraction of sp³-hybridized carbons (Fsp3) is 0.167. The SMILES string of the molecule is CCc1nc(NN)cc(Oc2ccc([N+](=O)[O-])cc2F)n1. The Morgan fingerprint density at radius 1 is 1.43 bits per heavy atom. The molecule has 0 aliphatic carbocycles. The molecule has 1 heterocycles. The van der Waals surface area contributed by atoms with E-state index < -0.39 is 10.7 Å². The molecule has 1 aromatic carbocycles. The maximum atomic E-state index is 13.7. The van der Waals surface area contributed by atoms with Crippen molar-refractivity contribution in [3.63, 3.8) is 0 Å². The summed E-state index contributed by atoms with van der Waals surface area (Å²) < 4.78 is 19.0. The summed E-state index contributed by atoms with van der Waals surface area (Å²) in [6.07, 6.45) is 0.536. The Balaban J connectivity index is 2.31. The highest BCUT2D eigenvalue weighted by atomic mass is 19.1. The molecule has 0 radical (unpaired) electrons. The second-order valence-corrected chi connectivity index (χ2v) is 3.98. The van der Waals surface area contributed by atoms with Crippen LogP contribution < -0.4 is 16.0 Å². The van der Waals surface area contributed by atoms with Crippen molar-refractivity contribution in [2.45, 2.75) is 13.3 Å². The highest BCUT2D eigenvalue weighted by Crippen LogP contribution is 2.27.